The van der Waals surface area contributed by atoms with Gasteiger partial charge in [0.1, 0.15) is 0 Å². The molecular weight excluding hydrogens is 260 g/mol. The predicted octanol–water partition coefficient (Wildman–Crippen LogP) is 2.00. The first-order valence-electron chi connectivity index (χ1n) is 7.77. The lowest BCUT2D eigenvalue weighted by molar-refractivity contribution is 0.153. The molecule has 2 heterocycles. The molecule has 1 aromatic heterocycles. The highest BCUT2D eigenvalue weighted by Gasteiger charge is 2.13. The number of pyridine rings is 1. The first kappa shape index (κ1) is 14.3. The maximum atomic E-state index is 6.27. The Kier molecular flexibility index (Phi) is 4.36. The highest BCUT2D eigenvalue weighted by atomic mass is 15.2. The average molecular weight is 284 g/mol. The Morgan fingerprint density at radius 3 is 2.76 bits per heavy atom. The van der Waals surface area contributed by atoms with Crippen LogP contribution >= 0.6 is 0 Å². The normalized spacial score (nSPS) is 17.4. The van der Waals surface area contributed by atoms with E-state index in [9.17, 15) is 0 Å². The number of fused-ring (bicyclic) bond motifs is 1. The van der Waals surface area contributed by atoms with Gasteiger partial charge in [-0.25, -0.2) is 0 Å². The van der Waals surface area contributed by atoms with Gasteiger partial charge in [-0.3, -0.25) is 4.98 Å². The van der Waals surface area contributed by atoms with Gasteiger partial charge in [-0.15, -0.1) is 0 Å². The van der Waals surface area contributed by atoms with Crippen molar-refractivity contribution in [1.82, 2.24) is 14.8 Å². The van der Waals surface area contributed by atoms with Crippen LogP contribution < -0.4 is 5.73 Å². The molecule has 112 valence electrons. The molecule has 4 heteroatoms. The number of piperazine rings is 1. The van der Waals surface area contributed by atoms with Crippen LogP contribution in [0, 0.1) is 0 Å². The van der Waals surface area contributed by atoms with E-state index in [-0.39, 0.29) is 0 Å². The van der Waals surface area contributed by atoms with Crippen LogP contribution in [0.25, 0.3) is 10.9 Å². The van der Waals surface area contributed by atoms with E-state index in [4.69, 9.17) is 5.73 Å². The maximum Gasteiger partial charge on any atom is 0.0933 e. The van der Waals surface area contributed by atoms with E-state index < -0.39 is 0 Å². The number of aryl methyl sites for hydroxylation is 1. The fraction of sp³-hybridized carbons (Fsp3) is 0.471. The van der Waals surface area contributed by atoms with Crippen LogP contribution in [0.1, 0.15) is 12.0 Å². The van der Waals surface area contributed by atoms with E-state index in [0.717, 1.165) is 36.0 Å². The number of anilines is 1. The zero-order chi connectivity index (χ0) is 14.7. The van der Waals surface area contributed by atoms with Crippen LogP contribution in [0.2, 0.25) is 0 Å². The van der Waals surface area contributed by atoms with Gasteiger partial charge in [0, 0.05) is 37.8 Å². The molecule has 1 saturated heterocycles. The second-order valence-electron chi connectivity index (χ2n) is 5.96. The van der Waals surface area contributed by atoms with Gasteiger partial charge >= 0.3 is 0 Å². The van der Waals surface area contributed by atoms with Crippen molar-refractivity contribution in [3.05, 3.63) is 36.0 Å². The number of hydrogen-bond acceptors (Lipinski definition) is 4. The molecule has 2 aromatic rings. The van der Waals surface area contributed by atoms with Crippen LogP contribution in [0.15, 0.2) is 30.5 Å². The molecule has 0 aliphatic carbocycles. The number of hydrogen-bond donors (Lipinski definition) is 1. The van der Waals surface area contributed by atoms with Crippen molar-refractivity contribution in [2.75, 3.05) is 45.5 Å². The third-order valence-electron chi connectivity index (χ3n) is 4.42. The lowest BCUT2D eigenvalue weighted by Crippen LogP contribution is -2.44. The third kappa shape index (κ3) is 3.34. The molecule has 0 atom stereocenters. The number of nitrogens with two attached hydrogens (primary N) is 1. The minimum absolute atomic E-state index is 0.853. The summed E-state index contributed by atoms with van der Waals surface area (Å²) in [6.45, 7) is 5.90. The summed E-state index contributed by atoms with van der Waals surface area (Å²) in [5, 5.41) is 1.12. The third-order valence-corrected chi connectivity index (χ3v) is 4.42. The van der Waals surface area contributed by atoms with E-state index in [1.165, 1.54) is 31.7 Å². The summed E-state index contributed by atoms with van der Waals surface area (Å²) in [7, 11) is 2.19. The van der Waals surface area contributed by atoms with Crippen molar-refractivity contribution in [1.29, 1.82) is 0 Å². The lowest BCUT2D eigenvalue weighted by atomic mass is 10.0. The highest BCUT2D eigenvalue weighted by Crippen LogP contribution is 2.23. The first-order chi connectivity index (χ1) is 10.2. The van der Waals surface area contributed by atoms with Gasteiger partial charge < -0.3 is 15.5 Å². The Bertz CT molecular complexity index is 603. The second kappa shape index (κ2) is 6.41. The van der Waals surface area contributed by atoms with Gasteiger partial charge in [-0.1, -0.05) is 18.2 Å². The molecule has 0 radical (unpaired) electrons. The number of rotatable bonds is 4. The molecule has 0 saturated carbocycles. The Morgan fingerprint density at radius 2 is 1.95 bits per heavy atom. The van der Waals surface area contributed by atoms with Gasteiger partial charge in [0.05, 0.1) is 11.2 Å². The van der Waals surface area contributed by atoms with Gasteiger partial charge in [-0.2, -0.15) is 0 Å². The maximum absolute atomic E-state index is 6.27. The quantitative estimate of drug-likeness (QED) is 0.872. The first-order valence-corrected chi connectivity index (χ1v) is 7.77. The minimum Gasteiger partial charge on any atom is -0.397 e. The van der Waals surface area contributed by atoms with E-state index in [1.807, 2.05) is 12.3 Å². The predicted molar refractivity (Wildman–Crippen MR) is 88.4 cm³/mol. The van der Waals surface area contributed by atoms with E-state index in [0.29, 0.717) is 0 Å². The number of benzene rings is 1. The van der Waals surface area contributed by atoms with Crippen molar-refractivity contribution in [3.8, 4) is 0 Å². The second-order valence-corrected chi connectivity index (χ2v) is 5.96. The summed E-state index contributed by atoms with van der Waals surface area (Å²) in [5.41, 5.74) is 9.30. The van der Waals surface area contributed by atoms with Gasteiger partial charge in [-0.05, 0) is 38.1 Å². The van der Waals surface area contributed by atoms with E-state index in [1.54, 1.807) is 0 Å². The van der Waals surface area contributed by atoms with Crippen LogP contribution in [0.4, 0.5) is 5.69 Å². The van der Waals surface area contributed by atoms with Crippen molar-refractivity contribution < 1.29 is 0 Å². The molecule has 0 bridgehead atoms. The SMILES string of the molecule is CN1CCN(CCCc2ccc3cccnc3c2N)CC1. The van der Waals surface area contributed by atoms with E-state index >= 15 is 0 Å². The molecule has 0 amide bonds. The average Bonchev–Trinajstić information content (AvgIpc) is 2.52. The lowest BCUT2D eigenvalue weighted by Gasteiger charge is -2.32. The van der Waals surface area contributed by atoms with Crippen molar-refractivity contribution in [3.63, 3.8) is 0 Å². The molecule has 0 spiro atoms. The highest BCUT2D eigenvalue weighted by molar-refractivity contribution is 5.90. The molecule has 2 N–H and O–H groups in total. The van der Waals surface area contributed by atoms with Crippen LogP contribution in [-0.4, -0.2) is 54.6 Å². The van der Waals surface area contributed by atoms with Gasteiger partial charge in [0.25, 0.3) is 0 Å². The van der Waals surface area contributed by atoms with Gasteiger partial charge in [0.15, 0.2) is 0 Å². The summed E-state index contributed by atoms with van der Waals surface area (Å²) in [6.07, 6.45) is 4.00. The molecule has 1 aliphatic rings. The smallest absolute Gasteiger partial charge is 0.0933 e. The summed E-state index contributed by atoms with van der Waals surface area (Å²) >= 11 is 0. The Labute approximate surface area is 126 Å². The molecular formula is C17H24N4. The zero-order valence-electron chi connectivity index (χ0n) is 12.8. The van der Waals surface area contributed by atoms with Crippen LogP contribution in [0.3, 0.4) is 0 Å². The molecule has 1 fully saturated rings. The van der Waals surface area contributed by atoms with Crippen molar-refractivity contribution >= 4 is 16.6 Å². The number of likely N-dealkylation sites (N-methyl/N-ethyl adjacent to an activating group) is 1. The largest absolute Gasteiger partial charge is 0.397 e. The molecule has 4 nitrogen and oxygen atoms in total. The molecule has 1 aliphatic heterocycles. The summed E-state index contributed by atoms with van der Waals surface area (Å²) in [5.74, 6) is 0. The number of aromatic nitrogens is 1. The minimum atomic E-state index is 0.853. The summed E-state index contributed by atoms with van der Waals surface area (Å²) in [6, 6.07) is 8.30. The van der Waals surface area contributed by atoms with E-state index in [2.05, 4.69) is 40.0 Å². The zero-order valence-corrected chi connectivity index (χ0v) is 12.8. The fourth-order valence-corrected chi connectivity index (χ4v) is 2.99. The monoisotopic (exact) mass is 284 g/mol. The molecule has 1 aromatic carbocycles. The Morgan fingerprint density at radius 1 is 1.14 bits per heavy atom. The molecule has 0 unspecified atom stereocenters. The number of nitrogen functional groups attached to an aromatic ring is 1. The van der Waals surface area contributed by atoms with Gasteiger partial charge in [0.2, 0.25) is 0 Å². The Hall–Kier alpha value is -1.65. The Balaban J connectivity index is 1.59. The topological polar surface area (TPSA) is 45.4 Å². The fourth-order valence-electron chi connectivity index (χ4n) is 2.99. The molecule has 21 heavy (non-hydrogen) atoms. The van der Waals surface area contributed by atoms with Crippen molar-refractivity contribution in [2.45, 2.75) is 12.8 Å². The summed E-state index contributed by atoms with van der Waals surface area (Å²) < 4.78 is 0. The standard InChI is InChI=1S/C17H24N4/c1-20-10-12-21(13-11-20)9-3-5-14-6-7-15-4-2-8-19-17(15)16(14)18/h2,4,6-8H,3,5,9-13,18H2,1H3. The number of nitrogens with zero attached hydrogens (tertiary/aromatic N) is 3. The van der Waals surface area contributed by atoms with Crippen LogP contribution in [0.5, 0.6) is 0 Å². The van der Waals surface area contributed by atoms with Crippen LogP contribution in [-0.2, 0) is 6.42 Å². The van der Waals surface area contributed by atoms with Crippen molar-refractivity contribution in [2.24, 2.45) is 0 Å². The molecule has 3 rings (SSSR count). The summed E-state index contributed by atoms with van der Waals surface area (Å²) in [4.78, 5) is 9.35.